The lowest BCUT2D eigenvalue weighted by molar-refractivity contribution is -0.147. The number of aliphatic hydroxyl groups excluding tert-OH is 1. The Morgan fingerprint density at radius 2 is 2.25 bits per heavy atom. The number of β-amino-alcohol motifs (C(OH)–C–C–N with tert-alkyl or cyclic N) is 1. The average molecular weight is 171 g/mol. The summed E-state index contributed by atoms with van der Waals surface area (Å²) in [5.41, 5.74) is 0. The maximum atomic E-state index is 11.2. The highest BCUT2D eigenvalue weighted by atomic mass is 16.6. The average Bonchev–Trinajstić information content (AvgIpc) is 2.23. The second kappa shape index (κ2) is 2.71. The quantitative estimate of drug-likeness (QED) is 0.533. The van der Waals surface area contributed by atoms with E-state index in [1.54, 1.807) is 0 Å². The van der Waals surface area contributed by atoms with E-state index in [1.165, 1.54) is 0 Å². The van der Waals surface area contributed by atoms with Gasteiger partial charge in [-0.05, 0) is 6.92 Å². The number of hydrogen-bond acceptors (Lipinski definition) is 4. The van der Waals surface area contributed by atoms with Crippen LogP contribution in [-0.4, -0.2) is 47.3 Å². The first-order chi connectivity index (χ1) is 5.66. The standard InChI is InChI=1S/C8H13NO3/c1-5-2-7(8(11)12-5)9-3-6(10)4-9/h5-7,10H,2-4H2,1H3. The second-order valence-corrected chi connectivity index (χ2v) is 3.61. The lowest BCUT2D eigenvalue weighted by atomic mass is 10.1. The number of esters is 1. The largest absolute Gasteiger partial charge is 0.461 e. The summed E-state index contributed by atoms with van der Waals surface area (Å²) in [5.74, 6) is -0.130. The molecular weight excluding hydrogens is 158 g/mol. The fourth-order valence-corrected chi connectivity index (χ4v) is 1.78. The number of carbonyl (C=O) groups is 1. The van der Waals surface area contributed by atoms with Crippen molar-refractivity contribution in [1.29, 1.82) is 0 Å². The molecule has 68 valence electrons. The van der Waals surface area contributed by atoms with E-state index in [0.717, 1.165) is 6.42 Å². The van der Waals surface area contributed by atoms with Gasteiger partial charge in [0, 0.05) is 19.5 Å². The summed E-state index contributed by atoms with van der Waals surface area (Å²) in [5, 5.41) is 9.04. The maximum Gasteiger partial charge on any atom is 0.323 e. The summed E-state index contributed by atoms with van der Waals surface area (Å²) in [6.45, 7) is 3.13. The van der Waals surface area contributed by atoms with Crippen LogP contribution in [0.2, 0.25) is 0 Å². The normalized spacial score (nSPS) is 38.0. The van der Waals surface area contributed by atoms with Gasteiger partial charge in [0.1, 0.15) is 12.1 Å². The summed E-state index contributed by atoms with van der Waals surface area (Å²) in [7, 11) is 0. The van der Waals surface area contributed by atoms with Gasteiger partial charge in [0.25, 0.3) is 0 Å². The van der Waals surface area contributed by atoms with Crippen LogP contribution in [0.1, 0.15) is 13.3 Å². The zero-order chi connectivity index (χ0) is 8.72. The predicted octanol–water partition coefficient (Wildman–Crippen LogP) is -0.633. The minimum atomic E-state index is -0.242. The Kier molecular flexibility index (Phi) is 1.81. The van der Waals surface area contributed by atoms with Crippen molar-refractivity contribution in [2.24, 2.45) is 0 Å². The highest BCUT2D eigenvalue weighted by molar-refractivity contribution is 5.78. The van der Waals surface area contributed by atoms with Crippen LogP contribution in [0.3, 0.4) is 0 Å². The van der Waals surface area contributed by atoms with Gasteiger partial charge >= 0.3 is 5.97 Å². The first-order valence-corrected chi connectivity index (χ1v) is 4.29. The molecule has 2 atom stereocenters. The molecule has 2 fully saturated rings. The molecule has 2 heterocycles. The molecule has 2 rings (SSSR count). The topological polar surface area (TPSA) is 49.8 Å². The molecule has 0 bridgehead atoms. The Labute approximate surface area is 71.1 Å². The summed E-state index contributed by atoms with van der Waals surface area (Å²) in [6, 6.07) is -0.0941. The maximum absolute atomic E-state index is 11.2. The molecule has 4 nitrogen and oxygen atoms in total. The molecular formula is C8H13NO3. The van der Waals surface area contributed by atoms with Crippen LogP contribution >= 0.6 is 0 Å². The highest BCUT2D eigenvalue weighted by Crippen LogP contribution is 2.23. The van der Waals surface area contributed by atoms with E-state index in [2.05, 4.69) is 0 Å². The summed E-state index contributed by atoms with van der Waals surface area (Å²) < 4.78 is 5.00. The summed E-state index contributed by atoms with van der Waals surface area (Å²) >= 11 is 0. The van der Waals surface area contributed by atoms with Crippen molar-refractivity contribution in [3.8, 4) is 0 Å². The highest BCUT2D eigenvalue weighted by Gasteiger charge is 2.41. The molecule has 0 aromatic rings. The third kappa shape index (κ3) is 1.21. The van der Waals surface area contributed by atoms with Crippen LogP contribution in [0.15, 0.2) is 0 Å². The van der Waals surface area contributed by atoms with Gasteiger partial charge in [0.2, 0.25) is 0 Å². The monoisotopic (exact) mass is 171 g/mol. The number of likely N-dealkylation sites (tertiary alicyclic amines) is 1. The van der Waals surface area contributed by atoms with Crippen molar-refractivity contribution in [2.75, 3.05) is 13.1 Å². The molecule has 0 saturated carbocycles. The van der Waals surface area contributed by atoms with E-state index >= 15 is 0 Å². The molecule has 0 radical (unpaired) electrons. The van der Waals surface area contributed by atoms with E-state index in [9.17, 15) is 4.79 Å². The van der Waals surface area contributed by atoms with E-state index in [0.29, 0.717) is 13.1 Å². The molecule has 2 aliphatic heterocycles. The second-order valence-electron chi connectivity index (χ2n) is 3.61. The molecule has 4 heteroatoms. The number of nitrogens with zero attached hydrogens (tertiary/aromatic N) is 1. The van der Waals surface area contributed by atoms with E-state index in [1.807, 2.05) is 11.8 Å². The first-order valence-electron chi connectivity index (χ1n) is 4.29. The fourth-order valence-electron chi connectivity index (χ4n) is 1.78. The zero-order valence-electron chi connectivity index (χ0n) is 7.06. The minimum Gasteiger partial charge on any atom is -0.461 e. The van der Waals surface area contributed by atoms with Gasteiger partial charge in [-0.3, -0.25) is 9.69 Å². The van der Waals surface area contributed by atoms with E-state index < -0.39 is 0 Å². The smallest absolute Gasteiger partial charge is 0.323 e. The van der Waals surface area contributed by atoms with Crippen LogP contribution in [0.25, 0.3) is 0 Å². The van der Waals surface area contributed by atoms with Crippen molar-refractivity contribution in [2.45, 2.75) is 31.6 Å². The van der Waals surface area contributed by atoms with Crippen LogP contribution in [-0.2, 0) is 9.53 Å². The summed E-state index contributed by atoms with van der Waals surface area (Å²) in [4.78, 5) is 13.1. The Balaban J connectivity index is 1.92. The molecule has 1 N–H and O–H groups in total. The van der Waals surface area contributed by atoms with Crippen LogP contribution in [0.4, 0.5) is 0 Å². The number of cyclic esters (lactones) is 1. The molecule has 2 saturated heterocycles. The molecule has 0 aromatic carbocycles. The van der Waals surface area contributed by atoms with Gasteiger partial charge in [-0.15, -0.1) is 0 Å². The van der Waals surface area contributed by atoms with Gasteiger partial charge in [0.15, 0.2) is 0 Å². The van der Waals surface area contributed by atoms with Gasteiger partial charge in [0.05, 0.1) is 6.10 Å². The minimum absolute atomic E-state index is 0.0419. The van der Waals surface area contributed by atoms with Crippen LogP contribution < -0.4 is 0 Å². The molecule has 0 aromatic heterocycles. The SMILES string of the molecule is CC1CC(N2CC(O)C2)C(=O)O1. The third-order valence-corrected chi connectivity index (χ3v) is 2.48. The molecule has 2 aliphatic rings. The predicted molar refractivity (Wildman–Crippen MR) is 41.5 cm³/mol. The Bertz CT molecular complexity index is 200. The number of ether oxygens (including phenoxy) is 1. The molecule has 0 amide bonds. The number of aliphatic hydroxyl groups is 1. The van der Waals surface area contributed by atoms with E-state index in [4.69, 9.17) is 9.84 Å². The third-order valence-electron chi connectivity index (χ3n) is 2.48. The molecule has 0 aliphatic carbocycles. The van der Waals surface area contributed by atoms with Gasteiger partial charge in [-0.2, -0.15) is 0 Å². The van der Waals surface area contributed by atoms with E-state index in [-0.39, 0.29) is 24.2 Å². The van der Waals surface area contributed by atoms with Crippen LogP contribution in [0.5, 0.6) is 0 Å². The molecule has 0 spiro atoms. The van der Waals surface area contributed by atoms with Crippen molar-refractivity contribution in [1.82, 2.24) is 4.90 Å². The summed E-state index contributed by atoms with van der Waals surface area (Å²) in [6.07, 6.45) is 0.569. The van der Waals surface area contributed by atoms with Gasteiger partial charge in [-0.1, -0.05) is 0 Å². The zero-order valence-corrected chi connectivity index (χ0v) is 7.06. The van der Waals surface area contributed by atoms with Crippen molar-refractivity contribution in [3.05, 3.63) is 0 Å². The fraction of sp³-hybridized carbons (Fsp3) is 0.875. The number of rotatable bonds is 1. The lowest BCUT2D eigenvalue weighted by Gasteiger charge is -2.38. The van der Waals surface area contributed by atoms with Crippen molar-refractivity contribution < 1.29 is 14.6 Å². The lowest BCUT2D eigenvalue weighted by Crippen LogP contribution is -2.56. The Morgan fingerprint density at radius 1 is 1.58 bits per heavy atom. The van der Waals surface area contributed by atoms with Crippen molar-refractivity contribution in [3.63, 3.8) is 0 Å². The first kappa shape index (κ1) is 8.01. The van der Waals surface area contributed by atoms with Gasteiger partial charge < -0.3 is 9.84 Å². The van der Waals surface area contributed by atoms with Gasteiger partial charge in [-0.25, -0.2) is 0 Å². The Hall–Kier alpha value is -0.610. The van der Waals surface area contributed by atoms with Crippen LogP contribution in [0, 0.1) is 0 Å². The number of carbonyl (C=O) groups excluding carboxylic acids is 1. The Morgan fingerprint density at radius 3 is 2.67 bits per heavy atom. The molecule has 2 unspecified atom stereocenters. The molecule has 12 heavy (non-hydrogen) atoms. The number of hydrogen-bond donors (Lipinski definition) is 1. The van der Waals surface area contributed by atoms with Crippen molar-refractivity contribution >= 4 is 5.97 Å².